The number of nitrogens with one attached hydrogen (secondary N) is 1. The second kappa shape index (κ2) is 10.3. The molecule has 30 heavy (non-hydrogen) atoms. The van der Waals surface area contributed by atoms with E-state index in [9.17, 15) is 21.6 Å². The van der Waals surface area contributed by atoms with E-state index in [0.29, 0.717) is 12.3 Å². The largest absolute Gasteiger partial charge is 0.573 e. The van der Waals surface area contributed by atoms with Crippen molar-refractivity contribution in [1.82, 2.24) is 4.72 Å². The predicted molar refractivity (Wildman–Crippen MR) is 110 cm³/mol. The molecule has 0 bridgehead atoms. The lowest BCUT2D eigenvalue weighted by atomic mass is 9.95. The van der Waals surface area contributed by atoms with E-state index in [1.807, 2.05) is 19.1 Å². The molecule has 168 valence electrons. The molecule has 2 rings (SSSR count). The molecule has 3 N–H and O–H groups in total. The molecule has 1 aliphatic heterocycles. The lowest BCUT2D eigenvalue weighted by molar-refractivity contribution is -0.275. The zero-order chi connectivity index (χ0) is 22.4. The lowest BCUT2D eigenvalue weighted by Gasteiger charge is -2.18. The maximum atomic E-state index is 12.7. The monoisotopic (exact) mass is 447 g/mol. The average Bonchev–Trinajstić information content (AvgIpc) is 2.63. The van der Waals surface area contributed by atoms with Crippen molar-refractivity contribution < 1.29 is 26.3 Å². The van der Waals surface area contributed by atoms with Crippen molar-refractivity contribution in [2.45, 2.75) is 50.8 Å². The number of hydrogen-bond acceptors (Lipinski definition) is 5. The molecule has 1 heterocycles. The molecule has 2 atom stereocenters. The number of hydrogen-bond donors (Lipinski definition) is 2. The molecule has 0 saturated heterocycles. The van der Waals surface area contributed by atoms with Crippen molar-refractivity contribution in [3.8, 4) is 5.75 Å². The van der Waals surface area contributed by atoms with Gasteiger partial charge in [0.25, 0.3) is 0 Å². The summed E-state index contributed by atoms with van der Waals surface area (Å²) in [6, 6.07) is 3.82. The Labute approximate surface area is 175 Å². The summed E-state index contributed by atoms with van der Waals surface area (Å²) in [5.74, 6) is 0.297. The van der Waals surface area contributed by atoms with Crippen molar-refractivity contribution in [1.29, 1.82) is 0 Å². The molecule has 1 aliphatic rings. The third-order valence-corrected chi connectivity index (χ3v) is 6.37. The minimum atomic E-state index is -4.98. The molecular formula is C20H28F3N3O3S. The molecule has 0 fully saturated rings. The summed E-state index contributed by atoms with van der Waals surface area (Å²) >= 11 is 0. The van der Waals surface area contributed by atoms with Crippen LogP contribution in [0.25, 0.3) is 0 Å². The molecule has 0 amide bonds. The molecule has 0 radical (unpaired) electrons. The number of alkyl halides is 3. The molecule has 10 heteroatoms. The zero-order valence-corrected chi connectivity index (χ0v) is 17.9. The van der Waals surface area contributed by atoms with Crippen molar-refractivity contribution >= 4 is 15.9 Å². The molecule has 0 aromatic heterocycles. The number of sulfonamides is 1. The van der Waals surface area contributed by atoms with Gasteiger partial charge in [0.2, 0.25) is 10.0 Å². The first kappa shape index (κ1) is 24.2. The Hall–Kier alpha value is -2.07. The summed E-state index contributed by atoms with van der Waals surface area (Å²) in [5, 5.41) is 0. The lowest BCUT2D eigenvalue weighted by Crippen LogP contribution is -2.28. The fourth-order valence-corrected chi connectivity index (χ4v) is 4.46. The van der Waals surface area contributed by atoms with Crippen LogP contribution in [0.4, 0.5) is 13.2 Å². The van der Waals surface area contributed by atoms with Crippen molar-refractivity contribution in [2.24, 2.45) is 22.6 Å². The Balaban J connectivity index is 1.92. The van der Waals surface area contributed by atoms with Gasteiger partial charge in [0, 0.05) is 19.0 Å². The summed E-state index contributed by atoms with van der Waals surface area (Å²) in [7, 11) is -4.16. The SMILES string of the molecule is Cc1cccc(S(=O)(=O)NCCC(C)C=CCC2CCCN=C2N)c1OC(F)(F)F. The highest BCUT2D eigenvalue weighted by atomic mass is 32.2. The summed E-state index contributed by atoms with van der Waals surface area (Å²) < 4.78 is 69.3. The molecule has 0 spiro atoms. The van der Waals surface area contributed by atoms with E-state index in [1.54, 1.807) is 0 Å². The molecule has 0 saturated carbocycles. The van der Waals surface area contributed by atoms with Crippen molar-refractivity contribution in [2.75, 3.05) is 13.1 Å². The first-order chi connectivity index (χ1) is 14.0. The van der Waals surface area contributed by atoms with Crippen LogP contribution in [-0.2, 0) is 10.0 Å². The summed E-state index contributed by atoms with van der Waals surface area (Å²) in [5.41, 5.74) is 5.98. The van der Waals surface area contributed by atoms with E-state index in [0.717, 1.165) is 31.9 Å². The van der Waals surface area contributed by atoms with E-state index in [-0.39, 0.29) is 23.9 Å². The average molecular weight is 448 g/mol. The Morgan fingerprint density at radius 2 is 2.13 bits per heavy atom. The molecule has 2 unspecified atom stereocenters. The Morgan fingerprint density at radius 1 is 1.40 bits per heavy atom. The van der Waals surface area contributed by atoms with Crippen LogP contribution in [0.5, 0.6) is 5.75 Å². The Morgan fingerprint density at radius 3 is 2.80 bits per heavy atom. The number of ether oxygens (including phenoxy) is 1. The maximum Gasteiger partial charge on any atom is 0.573 e. The van der Waals surface area contributed by atoms with E-state index in [4.69, 9.17) is 5.73 Å². The third-order valence-electron chi connectivity index (χ3n) is 4.88. The highest BCUT2D eigenvalue weighted by Crippen LogP contribution is 2.32. The highest BCUT2D eigenvalue weighted by molar-refractivity contribution is 7.89. The Kier molecular flexibility index (Phi) is 8.31. The molecular weight excluding hydrogens is 419 g/mol. The van der Waals surface area contributed by atoms with Crippen LogP contribution < -0.4 is 15.2 Å². The number of nitrogens with zero attached hydrogens (tertiary/aromatic N) is 1. The second-order valence-corrected chi connectivity index (χ2v) is 9.16. The van der Waals surface area contributed by atoms with Crippen LogP contribution in [-0.4, -0.2) is 33.7 Å². The highest BCUT2D eigenvalue weighted by Gasteiger charge is 2.34. The van der Waals surface area contributed by atoms with Crippen LogP contribution in [0.3, 0.4) is 0 Å². The van der Waals surface area contributed by atoms with Gasteiger partial charge in [-0.3, -0.25) is 4.99 Å². The van der Waals surface area contributed by atoms with Crippen LogP contribution in [0.15, 0.2) is 40.2 Å². The standard InChI is InChI=1S/C20H28F3N3O3S/c1-14(6-3-8-16-9-5-12-25-19(16)24)11-13-26-30(27,28)17-10-4-7-15(2)18(17)29-20(21,22)23/h3-4,6-7,10,14,16,26H,5,8-9,11-13H2,1-2H3,(H2,24,25). The van der Waals surface area contributed by atoms with Gasteiger partial charge in [-0.1, -0.05) is 31.2 Å². The van der Waals surface area contributed by atoms with Gasteiger partial charge in [-0.15, -0.1) is 13.2 Å². The maximum absolute atomic E-state index is 12.7. The van der Waals surface area contributed by atoms with E-state index >= 15 is 0 Å². The fourth-order valence-electron chi connectivity index (χ4n) is 3.22. The van der Waals surface area contributed by atoms with Gasteiger partial charge in [-0.25, -0.2) is 13.1 Å². The number of aliphatic imine (C=N–C) groups is 1. The normalized spacial score (nSPS) is 19.0. The van der Waals surface area contributed by atoms with Crippen LogP contribution >= 0.6 is 0 Å². The summed E-state index contributed by atoms with van der Waals surface area (Å²) in [4.78, 5) is 3.72. The van der Waals surface area contributed by atoms with Gasteiger partial charge in [0.1, 0.15) is 4.90 Å². The van der Waals surface area contributed by atoms with Crippen LogP contribution in [0, 0.1) is 18.8 Å². The zero-order valence-electron chi connectivity index (χ0n) is 17.1. The first-order valence-corrected chi connectivity index (χ1v) is 11.3. The van der Waals surface area contributed by atoms with Gasteiger partial charge in [-0.2, -0.15) is 0 Å². The fraction of sp³-hybridized carbons (Fsp3) is 0.550. The van der Waals surface area contributed by atoms with Gasteiger partial charge in [0.05, 0.1) is 5.84 Å². The van der Waals surface area contributed by atoms with E-state index < -0.39 is 27.0 Å². The van der Waals surface area contributed by atoms with Gasteiger partial charge >= 0.3 is 6.36 Å². The number of allylic oxidation sites excluding steroid dienone is 2. The van der Waals surface area contributed by atoms with Crippen molar-refractivity contribution in [3.63, 3.8) is 0 Å². The molecule has 1 aromatic rings. The third kappa shape index (κ3) is 7.32. The molecule has 1 aromatic carbocycles. The number of benzene rings is 1. The Bertz CT molecular complexity index is 883. The van der Waals surface area contributed by atoms with Gasteiger partial charge < -0.3 is 10.5 Å². The number of aryl methyl sites for hydroxylation is 1. The smallest absolute Gasteiger partial charge is 0.404 e. The first-order valence-electron chi connectivity index (χ1n) is 9.81. The minimum Gasteiger partial charge on any atom is -0.404 e. The molecule has 6 nitrogen and oxygen atoms in total. The van der Waals surface area contributed by atoms with Gasteiger partial charge in [0.15, 0.2) is 5.75 Å². The van der Waals surface area contributed by atoms with Gasteiger partial charge in [-0.05, 0) is 50.2 Å². The predicted octanol–water partition coefficient (Wildman–Crippen LogP) is 3.91. The van der Waals surface area contributed by atoms with Crippen LogP contribution in [0.2, 0.25) is 0 Å². The van der Waals surface area contributed by atoms with Crippen LogP contribution in [0.1, 0.15) is 38.2 Å². The topological polar surface area (TPSA) is 93.8 Å². The quantitative estimate of drug-likeness (QED) is 0.561. The number of rotatable bonds is 9. The second-order valence-electron chi connectivity index (χ2n) is 7.42. The number of amidine groups is 1. The van der Waals surface area contributed by atoms with E-state index in [2.05, 4.69) is 14.5 Å². The summed E-state index contributed by atoms with van der Waals surface area (Å²) in [6.07, 6.45) is 2.33. The number of para-hydroxylation sites is 1. The molecule has 0 aliphatic carbocycles. The van der Waals surface area contributed by atoms with Crippen molar-refractivity contribution in [3.05, 3.63) is 35.9 Å². The number of nitrogens with two attached hydrogens (primary N) is 1. The number of halogens is 3. The summed E-state index contributed by atoms with van der Waals surface area (Å²) in [6.45, 7) is 4.16. The van der Waals surface area contributed by atoms with E-state index in [1.165, 1.54) is 19.1 Å². The minimum absolute atomic E-state index is 0.0806.